The lowest BCUT2D eigenvalue weighted by Gasteiger charge is -2.37. The van der Waals surface area contributed by atoms with E-state index in [1.807, 2.05) is 0 Å². The predicted molar refractivity (Wildman–Crippen MR) is 159 cm³/mol. The molecule has 10 nitrogen and oxygen atoms in total. The Labute approximate surface area is 252 Å². The van der Waals surface area contributed by atoms with Crippen LogP contribution in [0.3, 0.4) is 0 Å². The van der Waals surface area contributed by atoms with E-state index in [0.717, 1.165) is 0 Å². The van der Waals surface area contributed by atoms with Crippen molar-refractivity contribution in [3.63, 3.8) is 0 Å². The molecule has 5 N–H and O–H groups in total. The van der Waals surface area contributed by atoms with Gasteiger partial charge in [-0.05, 0) is 53.3 Å². The number of nitrogens with two attached hydrogens (primary N) is 1. The predicted octanol–water partition coefficient (Wildman–Crippen LogP) is 4.67. The topological polar surface area (TPSA) is 148 Å². The third-order valence-corrected chi connectivity index (χ3v) is 7.83. The van der Waals surface area contributed by atoms with Crippen LogP contribution in [0, 0.1) is 11.2 Å². The summed E-state index contributed by atoms with van der Waals surface area (Å²) in [6.07, 6.45) is 2.82. The van der Waals surface area contributed by atoms with Crippen molar-refractivity contribution in [3.8, 4) is 5.75 Å². The summed E-state index contributed by atoms with van der Waals surface area (Å²) in [6, 6.07) is 9.21. The van der Waals surface area contributed by atoms with Gasteiger partial charge in [-0.15, -0.1) is 0 Å². The van der Waals surface area contributed by atoms with Crippen LogP contribution in [-0.2, 0) is 15.0 Å². The van der Waals surface area contributed by atoms with Gasteiger partial charge in [0.1, 0.15) is 22.8 Å². The average molecular weight is 618 g/mol. The number of nitrogens with zero attached hydrogens (tertiary/aromatic N) is 2. The normalized spacial score (nSPS) is 20.8. The number of carbonyl (C=O) groups is 3. The zero-order valence-corrected chi connectivity index (χ0v) is 24.9. The number of aromatic nitrogens is 2. The highest BCUT2D eigenvalue weighted by Gasteiger charge is 2.62. The molecule has 2 aliphatic heterocycles. The number of hydrogen-bond acceptors (Lipinski definition) is 7. The number of amides is 3. The highest BCUT2D eigenvalue weighted by Crippen LogP contribution is 2.54. The van der Waals surface area contributed by atoms with Crippen LogP contribution in [0.5, 0.6) is 5.75 Å². The summed E-state index contributed by atoms with van der Waals surface area (Å²) >= 11 is 12.0. The molecule has 2 aromatic carbocycles. The van der Waals surface area contributed by atoms with E-state index in [1.165, 1.54) is 25.3 Å². The fraction of sp³-hybridized carbons (Fsp3) is 0.345. The number of benzene rings is 2. The van der Waals surface area contributed by atoms with Crippen molar-refractivity contribution in [3.05, 3.63) is 75.4 Å². The van der Waals surface area contributed by atoms with Crippen molar-refractivity contribution >= 4 is 52.9 Å². The van der Waals surface area contributed by atoms with E-state index >= 15 is 0 Å². The number of fused-ring (bicyclic) bond motifs is 2. The number of anilines is 2. The molecule has 0 bridgehead atoms. The van der Waals surface area contributed by atoms with Crippen molar-refractivity contribution in [2.24, 2.45) is 11.1 Å². The second-order valence-electron chi connectivity index (χ2n) is 11.2. The summed E-state index contributed by atoms with van der Waals surface area (Å²) in [7, 11) is 1.44. The van der Waals surface area contributed by atoms with Crippen LogP contribution in [-0.4, -0.2) is 47.9 Å². The minimum absolute atomic E-state index is 0.0397. The van der Waals surface area contributed by atoms with Crippen molar-refractivity contribution in [2.75, 3.05) is 24.3 Å². The fourth-order valence-electron chi connectivity index (χ4n) is 5.63. The Morgan fingerprint density at radius 1 is 1.29 bits per heavy atom. The maximum atomic E-state index is 15.0. The molecule has 0 aliphatic carbocycles. The molecule has 42 heavy (non-hydrogen) atoms. The molecule has 1 saturated heterocycles. The molecule has 5 rings (SSSR count). The summed E-state index contributed by atoms with van der Waals surface area (Å²) < 4.78 is 19.9. The van der Waals surface area contributed by atoms with Gasteiger partial charge in [-0.1, -0.05) is 44.5 Å². The number of halogens is 3. The van der Waals surface area contributed by atoms with E-state index in [-0.39, 0.29) is 27.7 Å². The SMILES string of the molecule is CC(C)(C)CC1NCC(c2cccc(Cl)c2F)[C@]12C(=O)Nc1nc(Cl)ncc12.COc1cc(C(N)=O)ccc1NC=O. The highest BCUT2D eigenvalue weighted by atomic mass is 35.5. The minimum Gasteiger partial charge on any atom is -0.495 e. The second kappa shape index (κ2) is 12.2. The van der Waals surface area contributed by atoms with Gasteiger partial charge in [-0.2, -0.15) is 0 Å². The number of nitrogens with one attached hydrogen (secondary N) is 3. The zero-order chi connectivity index (χ0) is 30.8. The summed E-state index contributed by atoms with van der Waals surface area (Å²) in [5.74, 6) is -0.926. The van der Waals surface area contributed by atoms with Gasteiger partial charge in [-0.25, -0.2) is 14.4 Å². The second-order valence-corrected chi connectivity index (χ2v) is 11.9. The molecular formula is C29H31Cl2FN6O4. The lowest BCUT2D eigenvalue weighted by molar-refractivity contribution is -0.122. The molecule has 2 unspecified atom stereocenters. The van der Waals surface area contributed by atoms with Gasteiger partial charge in [0.25, 0.3) is 0 Å². The van der Waals surface area contributed by atoms with Gasteiger partial charge in [0.15, 0.2) is 0 Å². The van der Waals surface area contributed by atoms with Gasteiger partial charge in [0.05, 0.1) is 17.8 Å². The Morgan fingerprint density at radius 2 is 2.02 bits per heavy atom. The van der Waals surface area contributed by atoms with Crippen molar-refractivity contribution in [1.29, 1.82) is 0 Å². The first-order valence-electron chi connectivity index (χ1n) is 13.0. The molecule has 222 valence electrons. The van der Waals surface area contributed by atoms with Crippen LogP contribution >= 0.6 is 23.2 Å². The van der Waals surface area contributed by atoms with Gasteiger partial charge in [0.2, 0.25) is 23.5 Å². The fourth-order valence-corrected chi connectivity index (χ4v) is 5.94. The summed E-state index contributed by atoms with van der Waals surface area (Å²) in [5.41, 5.74) is 5.86. The third-order valence-electron chi connectivity index (χ3n) is 7.35. The summed E-state index contributed by atoms with van der Waals surface area (Å²) in [6.45, 7) is 6.78. The van der Waals surface area contributed by atoms with Crippen LogP contribution in [0.15, 0.2) is 42.6 Å². The first kappa shape index (κ1) is 31.1. The lowest BCUT2D eigenvalue weighted by Crippen LogP contribution is -2.49. The molecule has 1 fully saturated rings. The molecule has 3 heterocycles. The number of ether oxygens (including phenoxy) is 1. The molecule has 0 radical (unpaired) electrons. The van der Waals surface area contributed by atoms with E-state index in [9.17, 15) is 18.8 Å². The Morgan fingerprint density at radius 3 is 2.67 bits per heavy atom. The molecule has 3 amide bonds. The number of primary amides is 1. The van der Waals surface area contributed by atoms with E-state index in [2.05, 4.69) is 46.7 Å². The molecule has 0 saturated carbocycles. The van der Waals surface area contributed by atoms with Crippen LogP contribution in [0.25, 0.3) is 0 Å². The maximum Gasteiger partial charge on any atom is 0.248 e. The van der Waals surface area contributed by atoms with E-state index in [0.29, 0.717) is 53.3 Å². The first-order chi connectivity index (χ1) is 19.8. The molecule has 1 spiro atoms. The Bertz CT molecular complexity index is 1530. The highest BCUT2D eigenvalue weighted by molar-refractivity contribution is 6.30. The molecule has 13 heteroatoms. The molecule has 2 aliphatic rings. The zero-order valence-electron chi connectivity index (χ0n) is 23.4. The minimum atomic E-state index is -1.04. The Kier molecular flexibility index (Phi) is 9.05. The van der Waals surface area contributed by atoms with Crippen molar-refractivity contribution < 1.29 is 23.5 Å². The van der Waals surface area contributed by atoms with Gasteiger partial charge in [0, 0.05) is 35.8 Å². The van der Waals surface area contributed by atoms with Gasteiger partial charge in [-0.3, -0.25) is 14.4 Å². The van der Waals surface area contributed by atoms with E-state index < -0.39 is 23.1 Å². The maximum absolute atomic E-state index is 15.0. The van der Waals surface area contributed by atoms with E-state index in [4.69, 9.17) is 33.7 Å². The lowest BCUT2D eigenvalue weighted by atomic mass is 9.64. The van der Waals surface area contributed by atoms with Gasteiger partial charge < -0.3 is 26.4 Å². The van der Waals surface area contributed by atoms with Crippen molar-refractivity contribution in [1.82, 2.24) is 15.3 Å². The molecular weight excluding hydrogens is 586 g/mol. The summed E-state index contributed by atoms with van der Waals surface area (Å²) in [5, 5.41) is 8.85. The summed E-state index contributed by atoms with van der Waals surface area (Å²) in [4.78, 5) is 42.8. The van der Waals surface area contributed by atoms with Gasteiger partial charge >= 0.3 is 0 Å². The largest absolute Gasteiger partial charge is 0.495 e. The quantitative estimate of drug-likeness (QED) is 0.232. The molecule has 3 aromatic rings. The number of rotatable bonds is 6. The Balaban J connectivity index is 0.000000244. The van der Waals surface area contributed by atoms with Crippen LogP contribution in [0.4, 0.5) is 15.9 Å². The monoisotopic (exact) mass is 616 g/mol. The smallest absolute Gasteiger partial charge is 0.248 e. The number of methoxy groups -OCH3 is 1. The Hall–Kier alpha value is -3.80. The first-order valence-corrected chi connectivity index (χ1v) is 13.8. The van der Waals surface area contributed by atoms with Crippen LogP contribution in [0.2, 0.25) is 10.3 Å². The third kappa shape index (κ3) is 5.90. The molecule has 1 aromatic heterocycles. The van der Waals surface area contributed by atoms with Crippen molar-refractivity contribution in [2.45, 2.75) is 44.6 Å². The van der Waals surface area contributed by atoms with Crippen LogP contribution < -0.4 is 26.4 Å². The van der Waals surface area contributed by atoms with Crippen LogP contribution in [0.1, 0.15) is 54.6 Å². The standard InChI is InChI=1S/C20H21Cl2FN4O.C9H10N2O3/c1-19(2,3)7-14-20(12-9-25-18(22)27-16(12)26-17(20)28)11(8-24-14)10-5-4-6-13(21)15(10)23;1-14-8-4-6(9(10)13)2-3-7(8)11-5-12/h4-6,9,11,14,24H,7-8H2,1-3H3,(H,25,26,27,28);2-5H,1H3,(H2,10,13)(H,11,12)/t11?,14?,20-;/m1./s1. The number of hydrogen-bond donors (Lipinski definition) is 4. The average Bonchev–Trinajstić information content (AvgIpc) is 3.42. The molecule has 3 atom stereocenters. The number of carbonyl (C=O) groups excluding carboxylic acids is 3. The van der Waals surface area contributed by atoms with E-state index in [1.54, 1.807) is 24.4 Å².